The van der Waals surface area contributed by atoms with Crippen LogP contribution < -0.4 is 4.90 Å². The van der Waals surface area contributed by atoms with Crippen LogP contribution in [0.25, 0.3) is 0 Å². The number of piperazine rings is 1. The molecule has 0 bridgehead atoms. The third kappa shape index (κ3) is 4.58. The van der Waals surface area contributed by atoms with E-state index in [2.05, 4.69) is 9.80 Å². The molecule has 8 heteroatoms. The number of piperidine rings is 1. The number of halogens is 2. The molecule has 2 heterocycles. The fourth-order valence-electron chi connectivity index (χ4n) is 4.20. The number of anilines is 1. The van der Waals surface area contributed by atoms with Crippen molar-refractivity contribution in [2.45, 2.75) is 23.8 Å². The summed E-state index contributed by atoms with van der Waals surface area (Å²) in [5.74, 6) is -0.215. The van der Waals surface area contributed by atoms with E-state index >= 15 is 0 Å². The second-order valence-electron chi connectivity index (χ2n) is 7.59. The predicted molar refractivity (Wildman–Crippen MR) is 113 cm³/mol. The molecule has 2 saturated heterocycles. The van der Waals surface area contributed by atoms with E-state index in [0.29, 0.717) is 29.0 Å². The molecule has 2 aliphatic heterocycles. The van der Waals surface area contributed by atoms with E-state index in [1.165, 1.54) is 12.1 Å². The van der Waals surface area contributed by atoms with Crippen LogP contribution in [0.3, 0.4) is 0 Å². The Balaban J connectivity index is 1.31. The first-order valence-electron chi connectivity index (χ1n) is 9.94. The molecule has 156 valence electrons. The molecule has 0 unspecified atom stereocenters. The van der Waals surface area contributed by atoms with Crippen LogP contribution in [0.4, 0.5) is 10.1 Å². The van der Waals surface area contributed by atoms with Crippen molar-refractivity contribution < 1.29 is 12.8 Å². The normalized spacial score (nSPS) is 20.1. The summed E-state index contributed by atoms with van der Waals surface area (Å²) < 4.78 is 40.4. The minimum absolute atomic E-state index is 0.215. The lowest BCUT2D eigenvalue weighted by molar-refractivity contribution is 0.132. The van der Waals surface area contributed by atoms with Gasteiger partial charge in [0.1, 0.15) is 5.82 Å². The summed E-state index contributed by atoms with van der Waals surface area (Å²) in [5, 5.41) is 0.530. The predicted octanol–water partition coefficient (Wildman–Crippen LogP) is 3.45. The highest BCUT2D eigenvalue weighted by Gasteiger charge is 2.32. The molecule has 5 nitrogen and oxygen atoms in total. The lowest BCUT2D eigenvalue weighted by atomic mass is 10.0. The first kappa shape index (κ1) is 20.6. The van der Waals surface area contributed by atoms with Crippen LogP contribution in [0.5, 0.6) is 0 Å². The van der Waals surface area contributed by atoms with E-state index < -0.39 is 10.0 Å². The molecule has 0 N–H and O–H groups in total. The van der Waals surface area contributed by atoms with Crippen molar-refractivity contribution in [2.24, 2.45) is 0 Å². The van der Waals surface area contributed by atoms with Crippen LogP contribution >= 0.6 is 11.6 Å². The maximum atomic E-state index is 13.1. The summed E-state index contributed by atoms with van der Waals surface area (Å²) >= 11 is 5.87. The van der Waals surface area contributed by atoms with Crippen molar-refractivity contribution >= 4 is 27.3 Å². The molecule has 2 aromatic carbocycles. The van der Waals surface area contributed by atoms with Crippen LogP contribution in [0, 0.1) is 5.82 Å². The van der Waals surface area contributed by atoms with E-state index in [4.69, 9.17) is 11.6 Å². The average Bonchev–Trinajstić information content (AvgIpc) is 2.75. The van der Waals surface area contributed by atoms with Crippen molar-refractivity contribution in [1.82, 2.24) is 9.21 Å². The summed E-state index contributed by atoms with van der Waals surface area (Å²) in [6, 6.07) is 13.4. The molecule has 0 radical (unpaired) electrons. The number of sulfonamides is 1. The average molecular weight is 438 g/mol. The molecule has 29 heavy (non-hydrogen) atoms. The van der Waals surface area contributed by atoms with E-state index in [1.807, 2.05) is 12.1 Å². The largest absolute Gasteiger partial charge is 0.369 e. The van der Waals surface area contributed by atoms with Crippen molar-refractivity contribution in [1.29, 1.82) is 0 Å². The zero-order chi connectivity index (χ0) is 20.4. The SMILES string of the molecule is O=S(=O)(c1ccc(Cl)cc1)N1CCC(N2CCN(c3ccc(F)cc3)CC2)CC1. The van der Waals surface area contributed by atoms with Gasteiger partial charge in [0.15, 0.2) is 0 Å². The maximum Gasteiger partial charge on any atom is 0.243 e. The highest BCUT2D eigenvalue weighted by Crippen LogP contribution is 2.25. The van der Waals surface area contributed by atoms with Gasteiger partial charge in [-0.3, -0.25) is 4.90 Å². The summed E-state index contributed by atoms with van der Waals surface area (Å²) in [6.45, 7) is 4.74. The van der Waals surface area contributed by atoms with Crippen LogP contribution in [0.15, 0.2) is 53.4 Å². The van der Waals surface area contributed by atoms with Crippen LogP contribution in [0.1, 0.15) is 12.8 Å². The first-order chi connectivity index (χ1) is 13.9. The van der Waals surface area contributed by atoms with Gasteiger partial charge in [0.25, 0.3) is 0 Å². The Bertz CT molecular complexity index is 921. The van der Waals surface area contributed by atoms with Crippen molar-refractivity contribution in [3.63, 3.8) is 0 Å². The Morgan fingerprint density at radius 1 is 0.828 bits per heavy atom. The third-order valence-electron chi connectivity index (χ3n) is 5.90. The molecule has 4 rings (SSSR count). The molecule has 2 fully saturated rings. The number of benzene rings is 2. The summed E-state index contributed by atoms with van der Waals surface area (Å²) in [5.41, 5.74) is 1.05. The second-order valence-corrected chi connectivity index (χ2v) is 9.96. The van der Waals surface area contributed by atoms with E-state index in [0.717, 1.165) is 44.7 Å². The van der Waals surface area contributed by atoms with Gasteiger partial charge in [-0.1, -0.05) is 11.6 Å². The molecule has 2 aromatic rings. The molecule has 0 saturated carbocycles. The second kappa shape index (κ2) is 8.60. The summed E-state index contributed by atoms with van der Waals surface area (Å²) in [7, 11) is -3.46. The van der Waals surface area contributed by atoms with Gasteiger partial charge in [-0.05, 0) is 61.4 Å². The molecule has 0 atom stereocenters. The Kier molecular flexibility index (Phi) is 6.11. The molecule has 0 aliphatic carbocycles. The number of hydrogen-bond acceptors (Lipinski definition) is 4. The topological polar surface area (TPSA) is 43.9 Å². The molecule has 0 aromatic heterocycles. The Hall–Kier alpha value is -1.67. The summed E-state index contributed by atoms with van der Waals surface area (Å²) in [6.07, 6.45) is 1.67. The number of rotatable bonds is 4. The monoisotopic (exact) mass is 437 g/mol. The van der Waals surface area contributed by atoms with Crippen LogP contribution in [-0.4, -0.2) is 62.9 Å². The van der Waals surface area contributed by atoms with Gasteiger partial charge in [0.05, 0.1) is 4.90 Å². The zero-order valence-corrected chi connectivity index (χ0v) is 17.7. The Labute approximate surface area is 176 Å². The fourth-order valence-corrected chi connectivity index (χ4v) is 5.80. The zero-order valence-electron chi connectivity index (χ0n) is 16.2. The highest BCUT2D eigenvalue weighted by molar-refractivity contribution is 7.89. The standard InChI is InChI=1S/C21H25ClFN3O2S/c22-17-1-7-21(8-2-17)29(27,28)26-11-9-20(10-12-26)25-15-13-24(14-16-25)19-5-3-18(23)4-6-19/h1-8,20H,9-16H2. The number of nitrogens with zero attached hydrogens (tertiary/aromatic N) is 3. The van der Waals surface area contributed by atoms with Gasteiger partial charge in [0.2, 0.25) is 10.0 Å². The minimum Gasteiger partial charge on any atom is -0.369 e. The van der Waals surface area contributed by atoms with Crippen LogP contribution in [-0.2, 0) is 10.0 Å². The van der Waals surface area contributed by atoms with E-state index in [-0.39, 0.29) is 5.82 Å². The molecule has 0 amide bonds. The molecule has 0 spiro atoms. The Morgan fingerprint density at radius 3 is 2.00 bits per heavy atom. The van der Waals surface area contributed by atoms with E-state index in [9.17, 15) is 12.8 Å². The van der Waals surface area contributed by atoms with Gasteiger partial charge < -0.3 is 4.90 Å². The summed E-state index contributed by atoms with van der Waals surface area (Å²) in [4.78, 5) is 5.04. The quantitative estimate of drug-likeness (QED) is 0.734. The lowest BCUT2D eigenvalue weighted by Gasteiger charge is -2.43. The van der Waals surface area contributed by atoms with E-state index in [1.54, 1.807) is 28.6 Å². The van der Waals surface area contributed by atoms with Gasteiger partial charge >= 0.3 is 0 Å². The molecular weight excluding hydrogens is 413 g/mol. The van der Waals surface area contributed by atoms with Crippen molar-refractivity contribution in [3.05, 3.63) is 59.4 Å². The minimum atomic E-state index is -3.46. The lowest BCUT2D eigenvalue weighted by Crippen LogP contribution is -2.53. The van der Waals surface area contributed by atoms with Gasteiger partial charge in [-0.2, -0.15) is 4.31 Å². The van der Waals surface area contributed by atoms with Gasteiger partial charge in [0, 0.05) is 56.0 Å². The van der Waals surface area contributed by atoms with Crippen molar-refractivity contribution in [2.75, 3.05) is 44.2 Å². The van der Waals surface area contributed by atoms with Gasteiger partial charge in [-0.15, -0.1) is 0 Å². The molecule has 2 aliphatic rings. The third-order valence-corrected chi connectivity index (χ3v) is 8.06. The smallest absolute Gasteiger partial charge is 0.243 e. The molecular formula is C21H25ClFN3O2S. The first-order valence-corrected chi connectivity index (χ1v) is 11.8. The van der Waals surface area contributed by atoms with Gasteiger partial charge in [-0.25, -0.2) is 12.8 Å². The highest BCUT2D eigenvalue weighted by atomic mass is 35.5. The van der Waals surface area contributed by atoms with Crippen LogP contribution in [0.2, 0.25) is 5.02 Å². The fraction of sp³-hybridized carbons (Fsp3) is 0.429. The number of hydrogen-bond donors (Lipinski definition) is 0. The van der Waals surface area contributed by atoms with Crippen molar-refractivity contribution in [3.8, 4) is 0 Å². The maximum absolute atomic E-state index is 13.1. The Morgan fingerprint density at radius 2 is 1.41 bits per heavy atom.